The van der Waals surface area contributed by atoms with E-state index >= 15 is 0 Å². The van der Waals surface area contributed by atoms with Gasteiger partial charge in [-0.05, 0) is 31.5 Å². The Bertz CT molecular complexity index is 1620. The fourth-order valence-corrected chi connectivity index (χ4v) is 4.93. The van der Waals surface area contributed by atoms with Gasteiger partial charge in [0.1, 0.15) is 5.82 Å². The molecular weight excluding hydrogens is 454 g/mol. The van der Waals surface area contributed by atoms with Crippen molar-refractivity contribution in [2.75, 3.05) is 5.32 Å². The van der Waals surface area contributed by atoms with E-state index in [1.807, 2.05) is 59.5 Å². The van der Waals surface area contributed by atoms with Crippen LogP contribution in [0.5, 0.6) is 0 Å². The van der Waals surface area contributed by atoms with E-state index in [4.69, 9.17) is 9.97 Å². The van der Waals surface area contributed by atoms with Crippen LogP contribution in [0.3, 0.4) is 0 Å². The minimum atomic E-state index is -0.478. The van der Waals surface area contributed by atoms with Crippen LogP contribution >= 0.6 is 11.3 Å². The molecule has 174 valence electrons. The molecule has 4 heterocycles. The van der Waals surface area contributed by atoms with E-state index in [1.165, 1.54) is 16.4 Å². The molecule has 5 aromatic rings. The normalized spacial score (nSPS) is 11.5. The van der Waals surface area contributed by atoms with Gasteiger partial charge in [-0.25, -0.2) is 14.8 Å². The Morgan fingerprint density at radius 1 is 1.12 bits per heavy atom. The van der Waals surface area contributed by atoms with Gasteiger partial charge in [-0.1, -0.05) is 12.1 Å². The Labute approximate surface area is 197 Å². The van der Waals surface area contributed by atoms with Crippen LogP contribution in [0.25, 0.3) is 16.1 Å². The zero-order valence-corrected chi connectivity index (χ0v) is 19.8. The van der Waals surface area contributed by atoms with Crippen molar-refractivity contribution < 1.29 is 4.79 Å². The minimum absolute atomic E-state index is 0.144. The number of aromatic nitrogens is 6. The number of H-pyrrole nitrogens is 1. The van der Waals surface area contributed by atoms with Gasteiger partial charge < -0.3 is 9.88 Å². The van der Waals surface area contributed by atoms with Gasteiger partial charge in [-0.3, -0.25) is 23.5 Å². The first kappa shape index (κ1) is 21.8. The Balaban J connectivity index is 1.61. The molecule has 0 fully saturated rings. The van der Waals surface area contributed by atoms with E-state index in [1.54, 1.807) is 11.3 Å². The smallest absolute Gasteiger partial charge is 0.326 e. The van der Waals surface area contributed by atoms with Gasteiger partial charge in [0.2, 0.25) is 5.91 Å². The van der Waals surface area contributed by atoms with Gasteiger partial charge in [-0.15, -0.1) is 11.3 Å². The molecule has 1 aromatic carbocycles. The molecule has 0 saturated heterocycles. The molecule has 0 radical (unpaired) electrons. The summed E-state index contributed by atoms with van der Waals surface area (Å²) < 4.78 is 5.29. The third-order valence-corrected chi connectivity index (χ3v) is 6.47. The fraction of sp³-hybridized carbons (Fsp3) is 0.261. The maximum Gasteiger partial charge on any atom is 0.330 e. The average molecular weight is 478 g/mol. The summed E-state index contributed by atoms with van der Waals surface area (Å²) >= 11 is 1.61. The summed E-state index contributed by atoms with van der Waals surface area (Å²) in [6.45, 7) is 6.08. The van der Waals surface area contributed by atoms with Gasteiger partial charge in [0, 0.05) is 49.4 Å². The molecule has 0 saturated carbocycles. The summed E-state index contributed by atoms with van der Waals surface area (Å²) in [5.74, 6) is 0.497. The summed E-state index contributed by atoms with van der Waals surface area (Å²) in [6, 6.07) is 7.40. The van der Waals surface area contributed by atoms with Crippen molar-refractivity contribution in [3.63, 3.8) is 0 Å². The van der Waals surface area contributed by atoms with E-state index < -0.39 is 11.2 Å². The SMILES string of the molecule is CCn1c(=O)[nH]c(=O)c2c1nc(Cc1cn3cc(C)sc3n1)n2Cc1ccc(NC(C)=O)cc1. The standard InChI is InChI=1S/C23H23N7O3S/c1-4-29-20-19(21(32)27-22(29)33)30(11-15-5-7-16(8-6-15)24-14(3)31)18(26-20)9-17-12-28-10-13(2)34-23(28)25-17/h5-8,10,12H,4,9,11H2,1-3H3,(H,24,31)(H,27,32,33). The molecule has 1 amide bonds. The van der Waals surface area contributed by atoms with Crippen molar-refractivity contribution in [2.24, 2.45) is 0 Å². The van der Waals surface area contributed by atoms with Crippen molar-refractivity contribution in [1.82, 2.24) is 28.5 Å². The van der Waals surface area contributed by atoms with E-state index in [0.717, 1.165) is 16.2 Å². The van der Waals surface area contributed by atoms with Crippen molar-refractivity contribution in [3.05, 3.63) is 79.5 Å². The number of rotatable bonds is 6. The molecule has 0 spiro atoms. The number of nitrogens with zero attached hydrogens (tertiary/aromatic N) is 5. The number of hydrogen-bond acceptors (Lipinski definition) is 6. The number of nitrogens with one attached hydrogen (secondary N) is 2. The van der Waals surface area contributed by atoms with Gasteiger partial charge in [0.15, 0.2) is 16.1 Å². The quantitative estimate of drug-likeness (QED) is 0.390. The second-order valence-electron chi connectivity index (χ2n) is 8.11. The van der Waals surface area contributed by atoms with Crippen molar-refractivity contribution >= 4 is 39.1 Å². The zero-order chi connectivity index (χ0) is 24.0. The Morgan fingerprint density at radius 3 is 2.56 bits per heavy atom. The lowest BCUT2D eigenvalue weighted by Crippen LogP contribution is -2.30. The second kappa shape index (κ2) is 8.41. The Morgan fingerprint density at radius 2 is 1.88 bits per heavy atom. The topological polar surface area (TPSA) is 119 Å². The highest BCUT2D eigenvalue weighted by Crippen LogP contribution is 2.21. The third kappa shape index (κ3) is 3.94. The van der Waals surface area contributed by atoms with Crippen molar-refractivity contribution in [3.8, 4) is 0 Å². The van der Waals surface area contributed by atoms with Gasteiger partial charge in [0.25, 0.3) is 5.56 Å². The first-order valence-electron chi connectivity index (χ1n) is 10.8. The maximum absolute atomic E-state index is 12.9. The largest absolute Gasteiger partial charge is 0.330 e. The van der Waals surface area contributed by atoms with Crippen LogP contribution in [0.1, 0.15) is 35.8 Å². The lowest BCUT2D eigenvalue weighted by atomic mass is 10.2. The number of anilines is 1. The number of carbonyl (C=O) groups excluding carboxylic acids is 1. The van der Waals surface area contributed by atoms with Crippen LogP contribution in [-0.4, -0.2) is 34.4 Å². The number of carbonyl (C=O) groups is 1. The fourth-order valence-electron chi connectivity index (χ4n) is 4.10. The number of imidazole rings is 2. The van der Waals surface area contributed by atoms with Crippen molar-refractivity contribution in [2.45, 2.75) is 40.3 Å². The van der Waals surface area contributed by atoms with Gasteiger partial charge >= 0.3 is 5.69 Å². The molecular formula is C23H23N7O3S. The lowest BCUT2D eigenvalue weighted by Gasteiger charge is -2.10. The summed E-state index contributed by atoms with van der Waals surface area (Å²) in [5.41, 5.74) is 2.19. The van der Waals surface area contributed by atoms with E-state index in [0.29, 0.717) is 42.2 Å². The van der Waals surface area contributed by atoms with E-state index in [9.17, 15) is 14.4 Å². The molecule has 0 bridgehead atoms. The van der Waals surface area contributed by atoms with Crippen LogP contribution in [-0.2, 0) is 24.3 Å². The Kier molecular flexibility index (Phi) is 5.40. The molecule has 10 nitrogen and oxygen atoms in total. The van der Waals surface area contributed by atoms with E-state index in [2.05, 4.69) is 10.3 Å². The number of aromatic amines is 1. The molecule has 0 aliphatic carbocycles. The monoisotopic (exact) mass is 477 g/mol. The number of fused-ring (bicyclic) bond motifs is 2. The highest BCUT2D eigenvalue weighted by Gasteiger charge is 2.20. The molecule has 0 atom stereocenters. The number of aryl methyl sites for hydroxylation is 2. The second-order valence-corrected chi connectivity index (χ2v) is 9.32. The summed E-state index contributed by atoms with van der Waals surface area (Å²) in [5, 5.41) is 2.75. The third-order valence-electron chi connectivity index (χ3n) is 5.56. The number of amides is 1. The molecule has 0 aliphatic heterocycles. The predicted octanol–water partition coefficient (Wildman–Crippen LogP) is 2.52. The maximum atomic E-state index is 12.9. The minimum Gasteiger partial charge on any atom is -0.326 e. The van der Waals surface area contributed by atoms with Crippen LogP contribution in [0.15, 0.2) is 46.2 Å². The number of thiazole rings is 1. The predicted molar refractivity (Wildman–Crippen MR) is 131 cm³/mol. The van der Waals surface area contributed by atoms with Crippen LogP contribution in [0.2, 0.25) is 0 Å². The molecule has 34 heavy (non-hydrogen) atoms. The van der Waals surface area contributed by atoms with Gasteiger partial charge in [0.05, 0.1) is 5.69 Å². The Hall–Kier alpha value is -3.99. The van der Waals surface area contributed by atoms with Gasteiger partial charge in [-0.2, -0.15) is 0 Å². The molecule has 11 heteroatoms. The average Bonchev–Trinajstić information content (AvgIpc) is 3.41. The van der Waals surface area contributed by atoms with E-state index in [-0.39, 0.29) is 5.91 Å². The van der Waals surface area contributed by atoms with Crippen LogP contribution < -0.4 is 16.6 Å². The first-order valence-corrected chi connectivity index (χ1v) is 11.7. The summed E-state index contributed by atoms with van der Waals surface area (Å²) in [4.78, 5) is 50.5. The van der Waals surface area contributed by atoms with Crippen LogP contribution in [0.4, 0.5) is 5.69 Å². The summed E-state index contributed by atoms with van der Waals surface area (Å²) in [7, 11) is 0. The molecule has 0 aliphatic rings. The first-order chi connectivity index (χ1) is 16.3. The van der Waals surface area contributed by atoms with Crippen molar-refractivity contribution in [1.29, 1.82) is 0 Å². The highest BCUT2D eigenvalue weighted by molar-refractivity contribution is 7.16. The molecule has 5 rings (SSSR count). The molecule has 2 N–H and O–H groups in total. The lowest BCUT2D eigenvalue weighted by molar-refractivity contribution is -0.114. The van der Waals surface area contributed by atoms with Crippen LogP contribution in [0, 0.1) is 6.92 Å². The zero-order valence-electron chi connectivity index (χ0n) is 19.0. The highest BCUT2D eigenvalue weighted by atomic mass is 32.1. The molecule has 0 unspecified atom stereocenters. The number of hydrogen-bond donors (Lipinski definition) is 2. The number of benzene rings is 1. The molecule has 4 aromatic heterocycles. The summed E-state index contributed by atoms with van der Waals surface area (Å²) in [6.07, 6.45) is 4.39.